The predicted molar refractivity (Wildman–Crippen MR) is 90.6 cm³/mol. The number of carbonyl (C=O) groups excluding carboxylic acids is 1. The smallest absolute Gasteiger partial charge is 0.323 e. The van der Waals surface area contributed by atoms with Crippen LogP contribution in [0.3, 0.4) is 0 Å². The number of carboxylic acid groups (broad SMARTS) is 1. The third kappa shape index (κ3) is 3.57. The zero-order chi connectivity index (χ0) is 16.9. The Morgan fingerprint density at radius 2 is 1.79 bits per heavy atom. The monoisotopic (exact) mass is 320 g/mol. The van der Waals surface area contributed by atoms with Gasteiger partial charge in [-0.25, -0.2) is 0 Å². The van der Waals surface area contributed by atoms with Crippen LogP contribution in [0, 0.1) is 0 Å². The average Bonchev–Trinajstić information content (AvgIpc) is 2.60. The number of carbonyl (C=O) groups is 2. The minimum Gasteiger partial charge on any atom is -0.480 e. The number of benzene rings is 2. The summed E-state index contributed by atoms with van der Waals surface area (Å²) >= 11 is 0. The van der Waals surface area contributed by atoms with E-state index in [1.165, 1.54) is 4.90 Å². The summed E-state index contributed by atoms with van der Waals surface area (Å²) in [6.45, 7) is -0.101. The van der Waals surface area contributed by atoms with Gasteiger partial charge in [-0.3, -0.25) is 14.6 Å². The van der Waals surface area contributed by atoms with Gasteiger partial charge in [-0.1, -0.05) is 36.4 Å². The largest absolute Gasteiger partial charge is 0.480 e. The van der Waals surface area contributed by atoms with Gasteiger partial charge in [0.2, 0.25) is 0 Å². The Morgan fingerprint density at radius 1 is 1.00 bits per heavy atom. The minimum atomic E-state index is -1.04. The Hall–Kier alpha value is -3.21. The highest BCUT2D eigenvalue weighted by atomic mass is 16.4. The molecule has 0 fully saturated rings. The second-order valence-electron chi connectivity index (χ2n) is 5.45. The molecule has 2 aromatic carbocycles. The molecule has 0 unspecified atom stereocenters. The molecule has 3 aromatic rings. The first kappa shape index (κ1) is 15.7. The van der Waals surface area contributed by atoms with E-state index >= 15 is 0 Å². The van der Waals surface area contributed by atoms with Gasteiger partial charge in [-0.05, 0) is 29.8 Å². The van der Waals surface area contributed by atoms with Crippen LogP contribution in [0.25, 0.3) is 10.9 Å². The number of carboxylic acids is 1. The fourth-order valence-electron chi connectivity index (χ4n) is 2.56. The molecule has 0 radical (unpaired) electrons. The van der Waals surface area contributed by atoms with Gasteiger partial charge in [0, 0.05) is 23.7 Å². The number of rotatable bonds is 5. The van der Waals surface area contributed by atoms with E-state index in [1.54, 1.807) is 30.5 Å². The van der Waals surface area contributed by atoms with E-state index in [2.05, 4.69) is 4.98 Å². The van der Waals surface area contributed by atoms with Gasteiger partial charge < -0.3 is 10.0 Å². The lowest BCUT2D eigenvalue weighted by Crippen LogP contribution is -2.35. The van der Waals surface area contributed by atoms with E-state index in [9.17, 15) is 9.59 Å². The van der Waals surface area contributed by atoms with E-state index in [0.29, 0.717) is 5.56 Å². The van der Waals surface area contributed by atoms with Gasteiger partial charge in [0.1, 0.15) is 6.54 Å². The summed E-state index contributed by atoms with van der Waals surface area (Å²) in [5, 5.41) is 9.97. The molecule has 0 atom stereocenters. The maximum atomic E-state index is 12.8. The summed E-state index contributed by atoms with van der Waals surface area (Å²) in [5.41, 5.74) is 2.13. The van der Waals surface area contributed by atoms with E-state index in [-0.39, 0.29) is 19.0 Å². The normalized spacial score (nSPS) is 10.5. The lowest BCUT2D eigenvalue weighted by Gasteiger charge is -2.21. The highest BCUT2D eigenvalue weighted by molar-refractivity contribution is 5.99. The molecule has 1 heterocycles. The van der Waals surface area contributed by atoms with Crippen molar-refractivity contribution in [2.24, 2.45) is 0 Å². The van der Waals surface area contributed by atoms with Crippen LogP contribution in [0.1, 0.15) is 15.9 Å². The van der Waals surface area contributed by atoms with Crippen LogP contribution in [0.4, 0.5) is 0 Å². The van der Waals surface area contributed by atoms with Crippen LogP contribution in [0.2, 0.25) is 0 Å². The van der Waals surface area contributed by atoms with Crippen molar-refractivity contribution in [2.45, 2.75) is 6.54 Å². The SMILES string of the molecule is O=C(O)CN(Cc1ccccc1)C(=O)c1ccc2ncccc2c1. The fourth-order valence-corrected chi connectivity index (χ4v) is 2.56. The summed E-state index contributed by atoms with van der Waals surface area (Å²) in [6, 6.07) is 18.2. The van der Waals surface area contributed by atoms with Crippen molar-refractivity contribution < 1.29 is 14.7 Å². The number of hydrogen-bond acceptors (Lipinski definition) is 3. The lowest BCUT2D eigenvalue weighted by atomic mass is 10.1. The van der Waals surface area contributed by atoms with Crippen molar-refractivity contribution in [2.75, 3.05) is 6.54 Å². The Bertz CT molecular complexity index is 878. The number of aliphatic carboxylic acids is 1. The summed E-state index contributed by atoms with van der Waals surface area (Å²) < 4.78 is 0. The molecule has 5 nitrogen and oxygen atoms in total. The molecule has 0 bridgehead atoms. The molecule has 0 saturated carbocycles. The van der Waals surface area contributed by atoms with Crippen LogP contribution in [-0.4, -0.2) is 33.4 Å². The summed E-state index contributed by atoms with van der Waals surface area (Å²) in [7, 11) is 0. The molecule has 1 amide bonds. The quantitative estimate of drug-likeness (QED) is 0.784. The Labute approximate surface area is 139 Å². The van der Waals surface area contributed by atoms with E-state index < -0.39 is 5.97 Å². The van der Waals surface area contributed by atoms with Crippen LogP contribution in [-0.2, 0) is 11.3 Å². The van der Waals surface area contributed by atoms with Gasteiger partial charge in [-0.2, -0.15) is 0 Å². The molecule has 0 aliphatic rings. The molecule has 0 spiro atoms. The summed E-state index contributed by atoms with van der Waals surface area (Å²) in [4.78, 5) is 29.5. The van der Waals surface area contributed by atoms with Crippen LogP contribution < -0.4 is 0 Å². The molecule has 1 N–H and O–H groups in total. The Balaban J connectivity index is 1.90. The standard InChI is InChI=1S/C19H16N2O3/c22-18(23)13-21(12-14-5-2-1-3-6-14)19(24)16-8-9-17-15(11-16)7-4-10-20-17/h1-11H,12-13H2,(H,22,23). The van der Waals surface area contributed by atoms with Gasteiger partial charge >= 0.3 is 5.97 Å². The zero-order valence-corrected chi connectivity index (χ0v) is 12.9. The van der Waals surface area contributed by atoms with Crippen molar-refractivity contribution in [3.8, 4) is 0 Å². The van der Waals surface area contributed by atoms with Crippen molar-refractivity contribution in [3.05, 3.63) is 78.0 Å². The number of hydrogen-bond donors (Lipinski definition) is 1. The molecule has 5 heteroatoms. The molecular weight excluding hydrogens is 304 g/mol. The van der Waals surface area contributed by atoms with Gasteiger partial charge in [-0.15, -0.1) is 0 Å². The lowest BCUT2D eigenvalue weighted by molar-refractivity contribution is -0.137. The number of aromatic nitrogens is 1. The van der Waals surface area contributed by atoms with Crippen molar-refractivity contribution in [3.63, 3.8) is 0 Å². The van der Waals surface area contributed by atoms with Crippen molar-refractivity contribution in [1.82, 2.24) is 9.88 Å². The topological polar surface area (TPSA) is 70.5 Å². The van der Waals surface area contributed by atoms with Crippen molar-refractivity contribution >= 4 is 22.8 Å². The Morgan fingerprint density at radius 3 is 2.54 bits per heavy atom. The highest BCUT2D eigenvalue weighted by Crippen LogP contribution is 2.16. The van der Waals surface area contributed by atoms with Gasteiger partial charge in [0.25, 0.3) is 5.91 Å². The fraction of sp³-hybridized carbons (Fsp3) is 0.105. The molecule has 3 rings (SSSR count). The number of amides is 1. The van der Waals surface area contributed by atoms with Crippen molar-refractivity contribution in [1.29, 1.82) is 0 Å². The molecule has 0 aliphatic heterocycles. The highest BCUT2D eigenvalue weighted by Gasteiger charge is 2.19. The average molecular weight is 320 g/mol. The van der Waals surface area contributed by atoms with E-state index in [0.717, 1.165) is 16.5 Å². The van der Waals surface area contributed by atoms with E-state index in [4.69, 9.17) is 5.11 Å². The third-order valence-electron chi connectivity index (χ3n) is 3.68. The third-order valence-corrected chi connectivity index (χ3v) is 3.68. The maximum Gasteiger partial charge on any atom is 0.323 e. The minimum absolute atomic E-state index is 0.247. The molecule has 0 aliphatic carbocycles. The molecule has 0 saturated heterocycles. The van der Waals surface area contributed by atoms with Crippen LogP contribution in [0.5, 0.6) is 0 Å². The molecule has 24 heavy (non-hydrogen) atoms. The predicted octanol–water partition coefficient (Wildman–Crippen LogP) is 2.96. The first-order valence-corrected chi connectivity index (χ1v) is 7.53. The summed E-state index contributed by atoms with van der Waals surface area (Å²) in [5.74, 6) is -1.35. The number of nitrogens with zero attached hydrogens (tertiary/aromatic N) is 2. The second kappa shape index (κ2) is 6.91. The molecular formula is C19H16N2O3. The maximum absolute atomic E-state index is 12.8. The molecule has 1 aromatic heterocycles. The van der Waals surface area contributed by atoms with Crippen LogP contribution in [0.15, 0.2) is 66.9 Å². The zero-order valence-electron chi connectivity index (χ0n) is 12.9. The van der Waals surface area contributed by atoms with E-state index in [1.807, 2.05) is 36.4 Å². The second-order valence-corrected chi connectivity index (χ2v) is 5.45. The van der Waals surface area contributed by atoms with Gasteiger partial charge in [0.05, 0.1) is 5.52 Å². The molecule has 120 valence electrons. The number of fused-ring (bicyclic) bond motifs is 1. The number of pyridine rings is 1. The summed E-state index contributed by atoms with van der Waals surface area (Å²) in [6.07, 6.45) is 1.69. The Kier molecular flexibility index (Phi) is 4.52. The van der Waals surface area contributed by atoms with Gasteiger partial charge in [0.15, 0.2) is 0 Å². The first-order valence-electron chi connectivity index (χ1n) is 7.53. The van der Waals surface area contributed by atoms with Crippen LogP contribution >= 0.6 is 0 Å². The first-order chi connectivity index (χ1) is 11.6.